The van der Waals surface area contributed by atoms with Crippen molar-refractivity contribution < 1.29 is 17.9 Å². The molecule has 0 aromatic heterocycles. The molecule has 0 spiro atoms. The van der Waals surface area contributed by atoms with Crippen LogP contribution >= 0.6 is 0 Å². The summed E-state index contributed by atoms with van der Waals surface area (Å²) in [6.45, 7) is 5.03. The van der Waals surface area contributed by atoms with Crippen LogP contribution in [0.1, 0.15) is 27.2 Å². The molecule has 1 amide bonds. The van der Waals surface area contributed by atoms with E-state index in [9.17, 15) is 13.2 Å². The topological polar surface area (TPSA) is 84.5 Å². The second-order valence-electron chi connectivity index (χ2n) is 4.47. The van der Waals surface area contributed by atoms with Crippen LogP contribution in [0.5, 0.6) is 5.75 Å². The molecule has 20 heavy (non-hydrogen) atoms. The van der Waals surface area contributed by atoms with Crippen LogP contribution in [0.15, 0.2) is 23.1 Å². The molecule has 1 unspecified atom stereocenters. The Kier molecular flexibility index (Phi) is 5.52. The quantitative estimate of drug-likeness (QED) is 0.838. The smallest absolute Gasteiger partial charge is 0.240 e. The summed E-state index contributed by atoms with van der Waals surface area (Å²) in [5, 5.41) is 2.55. The monoisotopic (exact) mass is 300 g/mol. The zero-order chi connectivity index (χ0) is 15.3. The van der Waals surface area contributed by atoms with Crippen LogP contribution in [0.4, 0.5) is 5.69 Å². The van der Waals surface area contributed by atoms with Gasteiger partial charge in [-0.1, -0.05) is 6.92 Å². The number of anilines is 1. The number of carbonyl (C=O) groups is 1. The van der Waals surface area contributed by atoms with Crippen LogP contribution in [0.3, 0.4) is 0 Å². The molecule has 0 saturated carbocycles. The molecule has 0 aliphatic rings. The number of sulfonamides is 1. The van der Waals surface area contributed by atoms with E-state index in [1.54, 1.807) is 6.92 Å². The van der Waals surface area contributed by atoms with E-state index in [-0.39, 0.29) is 16.8 Å². The molecule has 0 aliphatic carbocycles. The number of nitrogens with one attached hydrogen (secondary N) is 2. The van der Waals surface area contributed by atoms with Crippen LogP contribution < -0.4 is 14.8 Å². The summed E-state index contributed by atoms with van der Waals surface area (Å²) in [6.07, 6.45) is 0.688. The average molecular weight is 300 g/mol. The Morgan fingerprint density at radius 2 is 2.05 bits per heavy atom. The lowest BCUT2D eigenvalue weighted by Gasteiger charge is -2.14. The van der Waals surface area contributed by atoms with Crippen LogP contribution in [0.25, 0.3) is 0 Å². The molecule has 0 fully saturated rings. The standard InChI is InChI=1S/C13H20N2O4S/c1-5-9(2)15-20(17,18)11-6-7-13(19-4)12(8-11)14-10(3)16/h6-9,15H,5H2,1-4H3,(H,14,16). The summed E-state index contributed by atoms with van der Waals surface area (Å²) in [5.41, 5.74) is 0.326. The molecule has 1 aromatic rings. The molecule has 1 rings (SSSR count). The van der Waals surface area contributed by atoms with Crippen molar-refractivity contribution in [3.63, 3.8) is 0 Å². The van der Waals surface area contributed by atoms with Crippen LogP contribution in [-0.2, 0) is 14.8 Å². The van der Waals surface area contributed by atoms with Crippen LogP contribution in [-0.4, -0.2) is 27.5 Å². The number of carbonyl (C=O) groups excluding carboxylic acids is 1. The van der Waals surface area contributed by atoms with Gasteiger partial charge in [-0.25, -0.2) is 13.1 Å². The second kappa shape index (κ2) is 6.71. The molecular formula is C13H20N2O4S. The number of amides is 1. The maximum absolute atomic E-state index is 12.2. The van der Waals surface area contributed by atoms with Gasteiger partial charge >= 0.3 is 0 Å². The highest BCUT2D eigenvalue weighted by Crippen LogP contribution is 2.27. The van der Waals surface area contributed by atoms with Gasteiger partial charge in [-0.05, 0) is 31.5 Å². The summed E-state index contributed by atoms with van der Waals surface area (Å²) in [5.74, 6) is 0.107. The van der Waals surface area contributed by atoms with Crippen molar-refractivity contribution in [1.82, 2.24) is 4.72 Å². The van der Waals surface area contributed by atoms with Crippen molar-refractivity contribution in [1.29, 1.82) is 0 Å². The minimum absolute atomic E-state index is 0.0855. The van der Waals surface area contributed by atoms with Crippen molar-refractivity contribution in [3.8, 4) is 5.75 Å². The van der Waals surface area contributed by atoms with E-state index in [1.807, 2.05) is 6.92 Å². The molecule has 0 heterocycles. The maximum atomic E-state index is 12.2. The fourth-order valence-corrected chi connectivity index (χ4v) is 2.91. The third-order valence-electron chi connectivity index (χ3n) is 2.76. The highest BCUT2D eigenvalue weighted by molar-refractivity contribution is 7.89. The van der Waals surface area contributed by atoms with Crippen LogP contribution in [0, 0.1) is 0 Å². The fourth-order valence-electron chi connectivity index (χ4n) is 1.56. The fraction of sp³-hybridized carbons (Fsp3) is 0.462. The van der Waals surface area contributed by atoms with Crippen molar-refractivity contribution >= 4 is 21.6 Å². The van der Waals surface area contributed by atoms with E-state index in [2.05, 4.69) is 10.0 Å². The number of methoxy groups -OCH3 is 1. The predicted molar refractivity (Wildman–Crippen MR) is 77.4 cm³/mol. The minimum atomic E-state index is -3.61. The van der Waals surface area contributed by atoms with E-state index in [0.717, 1.165) is 0 Å². The lowest BCUT2D eigenvalue weighted by atomic mass is 10.3. The number of rotatable bonds is 6. The Morgan fingerprint density at radius 3 is 2.55 bits per heavy atom. The van der Waals surface area contributed by atoms with Crippen LogP contribution in [0.2, 0.25) is 0 Å². The molecule has 1 atom stereocenters. The largest absolute Gasteiger partial charge is 0.495 e. The van der Waals surface area contributed by atoms with Gasteiger partial charge in [0.2, 0.25) is 15.9 Å². The van der Waals surface area contributed by atoms with Gasteiger partial charge in [0.15, 0.2) is 0 Å². The van der Waals surface area contributed by atoms with Gasteiger partial charge in [-0.3, -0.25) is 4.79 Å². The van der Waals surface area contributed by atoms with E-state index in [4.69, 9.17) is 4.74 Å². The first-order valence-corrected chi connectivity index (χ1v) is 7.76. The molecule has 2 N–H and O–H groups in total. The number of ether oxygens (including phenoxy) is 1. The van der Waals surface area contributed by atoms with Crippen molar-refractivity contribution in [2.24, 2.45) is 0 Å². The second-order valence-corrected chi connectivity index (χ2v) is 6.19. The first-order chi connectivity index (χ1) is 9.30. The molecule has 0 aliphatic heterocycles. The Hall–Kier alpha value is -1.60. The number of hydrogen-bond donors (Lipinski definition) is 2. The zero-order valence-corrected chi connectivity index (χ0v) is 12.9. The molecular weight excluding hydrogens is 280 g/mol. The normalized spacial score (nSPS) is 12.8. The number of hydrogen-bond acceptors (Lipinski definition) is 4. The van der Waals surface area contributed by atoms with Gasteiger partial charge in [-0.2, -0.15) is 0 Å². The van der Waals surface area contributed by atoms with Gasteiger partial charge < -0.3 is 10.1 Å². The lowest BCUT2D eigenvalue weighted by molar-refractivity contribution is -0.114. The number of benzene rings is 1. The van der Waals surface area contributed by atoms with Crippen molar-refractivity contribution in [3.05, 3.63) is 18.2 Å². The van der Waals surface area contributed by atoms with E-state index < -0.39 is 10.0 Å². The SMILES string of the molecule is CCC(C)NS(=O)(=O)c1ccc(OC)c(NC(C)=O)c1. The lowest BCUT2D eigenvalue weighted by Crippen LogP contribution is -2.32. The molecule has 0 saturated heterocycles. The Balaban J connectivity index is 3.16. The first kappa shape index (κ1) is 16.5. The van der Waals surface area contributed by atoms with E-state index >= 15 is 0 Å². The Bertz CT molecular complexity index is 584. The predicted octanol–water partition coefficient (Wildman–Crippen LogP) is 1.73. The summed E-state index contributed by atoms with van der Waals surface area (Å²) < 4.78 is 32.0. The zero-order valence-electron chi connectivity index (χ0n) is 12.1. The molecule has 1 aromatic carbocycles. The highest BCUT2D eigenvalue weighted by atomic mass is 32.2. The van der Waals surface area contributed by atoms with Gasteiger partial charge in [0.25, 0.3) is 0 Å². The summed E-state index contributed by atoms with van der Waals surface area (Å²) in [6, 6.07) is 4.17. The van der Waals surface area contributed by atoms with E-state index in [1.165, 1.54) is 32.2 Å². The Labute approximate surface area is 119 Å². The van der Waals surface area contributed by atoms with Gasteiger partial charge in [0.1, 0.15) is 5.75 Å². The molecule has 6 nitrogen and oxygen atoms in total. The Morgan fingerprint density at radius 1 is 1.40 bits per heavy atom. The third kappa shape index (κ3) is 4.21. The summed E-state index contributed by atoms with van der Waals surface area (Å²) in [4.78, 5) is 11.2. The molecule has 112 valence electrons. The third-order valence-corrected chi connectivity index (χ3v) is 4.35. The molecule has 0 bridgehead atoms. The van der Waals surface area contributed by atoms with Crippen molar-refractivity contribution in [2.75, 3.05) is 12.4 Å². The molecule has 7 heteroatoms. The van der Waals surface area contributed by atoms with E-state index in [0.29, 0.717) is 17.9 Å². The maximum Gasteiger partial charge on any atom is 0.240 e. The van der Waals surface area contributed by atoms with Gasteiger partial charge in [0, 0.05) is 13.0 Å². The highest BCUT2D eigenvalue weighted by Gasteiger charge is 2.18. The molecule has 0 radical (unpaired) electrons. The summed E-state index contributed by atoms with van der Waals surface area (Å²) in [7, 11) is -2.16. The summed E-state index contributed by atoms with van der Waals surface area (Å²) >= 11 is 0. The van der Waals surface area contributed by atoms with Crippen molar-refractivity contribution in [2.45, 2.75) is 38.1 Å². The first-order valence-electron chi connectivity index (χ1n) is 6.28. The average Bonchev–Trinajstić information content (AvgIpc) is 2.37. The van der Waals surface area contributed by atoms with Gasteiger partial charge in [-0.15, -0.1) is 0 Å². The minimum Gasteiger partial charge on any atom is -0.495 e. The van der Waals surface area contributed by atoms with Gasteiger partial charge in [0.05, 0.1) is 17.7 Å².